The number of carboxylic acids is 1. The van der Waals surface area contributed by atoms with Crippen molar-refractivity contribution in [3.05, 3.63) is 23.3 Å². The third-order valence-electron chi connectivity index (χ3n) is 1.40. The SMILES string of the molecule is CC(=O)NC1=CC=S(OCC(=O)O)C=C1. The molecule has 0 spiro atoms. The van der Waals surface area contributed by atoms with Gasteiger partial charge in [0.1, 0.15) is 0 Å². The van der Waals surface area contributed by atoms with Crippen molar-refractivity contribution in [1.29, 1.82) is 0 Å². The summed E-state index contributed by atoms with van der Waals surface area (Å²) in [7, 11) is -0.615. The van der Waals surface area contributed by atoms with Gasteiger partial charge in [-0.05, 0) is 33.7 Å². The molecule has 0 aromatic carbocycles. The molecule has 1 aliphatic rings. The van der Waals surface area contributed by atoms with Crippen LogP contribution in [-0.2, 0) is 13.8 Å². The minimum absolute atomic E-state index is 0.146. The molecule has 0 aromatic heterocycles. The molecule has 0 bridgehead atoms. The van der Waals surface area contributed by atoms with Gasteiger partial charge >= 0.3 is 5.97 Å². The maximum absolute atomic E-state index is 10.7. The molecule has 0 fully saturated rings. The number of hydrogen-bond acceptors (Lipinski definition) is 3. The average molecular weight is 229 g/mol. The first-order chi connectivity index (χ1) is 7.08. The molecule has 1 amide bonds. The summed E-state index contributed by atoms with van der Waals surface area (Å²) < 4.78 is 5.03. The summed E-state index contributed by atoms with van der Waals surface area (Å²) in [4.78, 5) is 20.9. The normalized spacial score (nSPS) is 19.0. The Morgan fingerprint density at radius 3 is 2.80 bits per heavy atom. The lowest BCUT2D eigenvalue weighted by Gasteiger charge is -2.08. The molecule has 1 atom stereocenters. The van der Waals surface area contributed by atoms with E-state index in [0.29, 0.717) is 5.70 Å². The van der Waals surface area contributed by atoms with Crippen LogP contribution in [-0.4, -0.2) is 29.0 Å². The molecule has 1 rings (SSSR count). The lowest BCUT2D eigenvalue weighted by molar-refractivity contribution is -0.138. The van der Waals surface area contributed by atoms with Crippen LogP contribution in [0.15, 0.2) is 23.3 Å². The second kappa shape index (κ2) is 5.47. The largest absolute Gasteiger partial charge is 0.479 e. The van der Waals surface area contributed by atoms with Gasteiger partial charge in [0.15, 0.2) is 6.61 Å². The van der Waals surface area contributed by atoms with Crippen molar-refractivity contribution in [2.75, 3.05) is 6.61 Å². The van der Waals surface area contributed by atoms with E-state index in [1.165, 1.54) is 6.92 Å². The van der Waals surface area contributed by atoms with E-state index < -0.39 is 16.7 Å². The van der Waals surface area contributed by atoms with Gasteiger partial charge in [-0.25, -0.2) is 4.79 Å². The number of hydrogen-bond donors (Lipinski definition) is 2. The summed E-state index contributed by atoms with van der Waals surface area (Å²) in [5.41, 5.74) is 0.671. The van der Waals surface area contributed by atoms with Gasteiger partial charge in [0.05, 0.1) is 0 Å². The zero-order valence-electron chi connectivity index (χ0n) is 8.10. The first-order valence-corrected chi connectivity index (χ1v) is 5.43. The Morgan fingerprint density at radius 2 is 2.33 bits per heavy atom. The van der Waals surface area contributed by atoms with E-state index in [-0.39, 0.29) is 12.5 Å². The fraction of sp³-hybridized carbons (Fsp3) is 0.222. The monoisotopic (exact) mass is 229 g/mol. The first kappa shape index (κ1) is 11.7. The van der Waals surface area contributed by atoms with Gasteiger partial charge in [0.25, 0.3) is 0 Å². The highest BCUT2D eigenvalue weighted by Gasteiger charge is 2.02. The van der Waals surface area contributed by atoms with Crippen molar-refractivity contribution < 1.29 is 18.9 Å². The molecule has 0 saturated carbocycles. The second-order valence-electron chi connectivity index (χ2n) is 2.73. The maximum Gasteiger partial charge on any atom is 0.330 e. The quantitative estimate of drug-likeness (QED) is 0.693. The first-order valence-electron chi connectivity index (χ1n) is 4.16. The molecule has 0 saturated heterocycles. The fourth-order valence-electron chi connectivity index (χ4n) is 0.865. The van der Waals surface area contributed by atoms with Crippen molar-refractivity contribution in [2.24, 2.45) is 0 Å². The minimum atomic E-state index is -0.999. The van der Waals surface area contributed by atoms with Gasteiger partial charge in [-0.2, -0.15) is 0 Å². The number of rotatable bonds is 4. The van der Waals surface area contributed by atoms with Crippen LogP contribution in [0.3, 0.4) is 0 Å². The number of carbonyl (C=O) groups is 2. The van der Waals surface area contributed by atoms with E-state index in [0.717, 1.165) is 0 Å². The zero-order valence-corrected chi connectivity index (χ0v) is 8.91. The van der Waals surface area contributed by atoms with Gasteiger partial charge < -0.3 is 14.6 Å². The van der Waals surface area contributed by atoms with Crippen LogP contribution in [0.1, 0.15) is 6.92 Å². The Morgan fingerprint density at radius 1 is 1.60 bits per heavy atom. The van der Waals surface area contributed by atoms with Crippen LogP contribution >= 0.6 is 10.8 Å². The average Bonchev–Trinajstić information content (AvgIpc) is 2.16. The highest BCUT2D eigenvalue weighted by Crippen LogP contribution is 2.19. The Labute approximate surface area is 89.6 Å². The Kier molecular flexibility index (Phi) is 4.26. The van der Waals surface area contributed by atoms with E-state index in [4.69, 9.17) is 9.29 Å². The van der Waals surface area contributed by atoms with Gasteiger partial charge in [-0.1, -0.05) is 0 Å². The summed E-state index contributed by atoms with van der Waals surface area (Å²) >= 11 is 0. The molecule has 82 valence electrons. The Bertz CT molecular complexity index is 370. The molecule has 0 aromatic rings. The Hall–Kier alpha value is -1.40. The summed E-state index contributed by atoms with van der Waals surface area (Å²) in [5, 5.41) is 14.4. The maximum atomic E-state index is 10.7. The van der Waals surface area contributed by atoms with Crippen molar-refractivity contribution in [3.8, 4) is 0 Å². The molecule has 5 nitrogen and oxygen atoms in total. The van der Waals surface area contributed by atoms with Gasteiger partial charge in [0.2, 0.25) is 5.91 Å². The topological polar surface area (TPSA) is 75.6 Å². The van der Waals surface area contributed by atoms with Crippen LogP contribution in [0.2, 0.25) is 0 Å². The standard InChI is InChI=1S/C9H11NO4S/c1-7(11)10-8-2-4-15(5-3-8)14-6-9(12)13/h2-5H,6H2,1H3,(H,10,11)(H,12,13). The van der Waals surface area contributed by atoms with Crippen LogP contribution in [0, 0.1) is 0 Å². The van der Waals surface area contributed by atoms with Crippen LogP contribution in [0.5, 0.6) is 0 Å². The molecule has 1 unspecified atom stereocenters. The van der Waals surface area contributed by atoms with Gasteiger partial charge in [0, 0.05) is 12.6 Å². The number of amides is 1. The molecule has 6 heteroatoms. The number of aliphatic carboxylic acids is 1. The van der Waals surface area contributed by atoms with E-state index in [1.54, 1.807) is 22.9 Å². The summed E-state index contributed by atoms with van der Waals surface area (Å²) in [6.45, 7) is 1.09. The molecule has 1 aliphatic heterocycles. The molecule has 1 heterocycles. The second-order valence-corrected chi connectivity index (χ2v) is 4.16. The van der Waals surface area contributed by atoms with Crippen molar-refractivity contribution in [1.82, 2.24) is 5.32 Å². The number of carboxylic acid groups (broad SMARTS) is 1. The summed E-state index contributed by atoms with van der Waals surface area (Å²) in [6.07, 6.45) is 3.37. The van der Waals surface area contributed by atoms with Crippen molar-refractivity contribution in [2.45, 2.75) is 6.92 Å². The predicted molar refractivity (Wildman–Crippen MR) is 58.3 cm³/mol. The summed E-state index contributed by atoms with van der Waals surface area (Å²) in [6, 6.07) is 0. The molecule has 2 N–H and O–H groups in total. The molecular weight excluding hydrogens is 218 g/mol. The number of allylic oxidation sites excluding steroid dienone is 2. The van der Waals surface area contributed by atoms with Crippen LogP contribution in [0.25, 0.3) is 0 Å². The zero-order chi connectivity index (χ0) is 11.3. The lowest BCUT2D eigenvalue weighted by atomic mass is 10.4. The van der Waals surface area contributed by atoms with Crippen LogP contribution < -0.4 is 5.32 Å². The molecule has 15 heavy (non-hydrogen) atoms. The third-order valence-corrected chi connectivity index (χ3v) is 2.60. The van der Waals surface area contributed by atoms with Crippen molar-refractivity contribution in [3.63, 3.8) is 0 Å². The number of nitrogens with one attached hydrogen (secondary N) is 1. The number of carbonyl (C=O) groups excluding carboxylic acids is 1. The molecular formula is C9H11NO4S. The third kappa shape index (κ3) is 4.57. The highest BCUT2D eigenvalue weighted by atomic mass is 32.2. The van der Waals surface area contributed by atoms with E-state index in [1.807, 2.05) is 0 Å². The minimum Gasteiger partial charge on any atom is -0.479 e. The fourth-order valence-corrected chi connectivity index (χ4v) is 1.91. The van der Waals surface area contributed by atoms with E-state index in [2.05, 4.69) is 5.32 Å². The smallest absolute Gasteiger partial charge is 0.330 e. The highest BCUT2D eigenvalue weighted by molar-refractivity contribution is 8.13. The van der Waals surface area contributed by atoms with Gasteiger partial charge in [-0.3, -0.25) is 4.79 Å². The molecule has 0 radical (unpaired) electrons. The predicted octanol–water partition coefficient (Wildman–Crippen LogP) is 0.621. The summed E-state index contributed by atoms with van der Waals surface area (Å²) in [5.74, 6) is -1.14. The van der Waals surface area contributed by atoms with Gasteiger partial charge in [-0.15, -0.1) is 0 Å². The van der Waals surface area contributed by atoms with E-state index in [9.17, 15) is 9.59 Å². The Balaban J connectivity index is 2.50. The molecule has 0 aliphatic carbocycles. The van der Waals surface area contributed by atoms with Crippen LogP contribution in [0.4, 0.5) is 0 Å². The lowest BCUT2D eigenvalue weighted by Crippen LogP contribution is -2.18. The van der Waals surface area contributed by atoms with E-state index >= 15 is 0 Å². The van der Waals surface area contributed by atoms with Crippen molar-refractivity contribution >= 4 is 28.0 Å².